The van der Waals surface area contributed by atoms with Gasteiger partial charge in [0.25, 0.3) is 0 Å². The van der Waals surface area contributed by atoms with Crippen LogP contribution in [-0.4, -0.2) is 11.5 Å². The molecular weight excluding hydrogens is 156 g/mol. The molecular formula is C9H14OS. The lowest BCUT2D eigenvalue weighted by atomic mass is 10.3. The fraction of sp³-hybridized carbons (Fsp3) is 0.667. The fourth-order valence-corrected chi connectivity index (χ4v) is 1.97. The van der Waals surface area contributed by atoms with Crippen LogP contribution in [0, 0.1) is 5.92 Å². The maximum Gasteiger partial charge on any atom is 0.156 e. The second kappa shape index (κ2) is 3.96. The molecule has 0 radical (unpaired) electrons. The highest BCUT2D eigenvalue weighted by Crippen LogP contribution is 2.27. The molecule has 0 aromatic heterocycles. The molecule has 0 aromatic carbocycles. The lowest BCUT2D eigenvalue weighted by Crippen LogP contribution is -1.89. The average Bonchev–Trinajstić information content (AvgIpc) is 2.31. The van der Waals surface area contributed by atoms with Crippen molar-refractivity contribution >= 4 is 17.5 Å². The van der Waals surface area contributed by atoms with Crippen molar-refractivity contribution < 1.29 is 4.79 Å². The minimum Gasteiger partial charge on any atom is -0.295 e. The summed E-state index contributed by atoms with van der Waals surface area (Å²) >= 11 is 1.84. The van der Waals surface area contributed by atoms with Crippen molar-refractivity contribution in [3.8, 4) is 0 Å². The summed E-state index contributed by atoms with van der Waals surface area (Å²) in [5.41, 5.74) is 0. The van der Waals surface area contributed by atoms with Gasteiger partial charge in [0, 0.05) is 6.42 Å². The van der Waals surface area contributed by atoms with Gasteiger partial charge in [0.05, 0.1) is 0 Å². The van der Waals surface area contributed by atoms with E-state index in [0.29, 0.717) is 5.78 Å². The van der Waals surface area contributed by atoms with Gasteiger partial charge in [-0.25, -0.2) is 0 Å². The van der Waals surface area contributed by atoms with Crippen molar-refractivity contribution in [1.29, 1.82) is 0 Å². The molecule has 0 heterocycles. The smallest absolute Gasteiger partial charge is 0.156 e. The molecule has 0 saturated heterocycles. The third-order valence-electron chi connectivity index (χ3n) is 1.54. The zero-order chi connectivity index (χ0) is 8.27. The number of carbonyl (C=O) groups excluding carboxylic acids is 1. The minimum absolute atomic E-state index is 0.302. The van der Waals surface area contributed by atoms with Gasteiger partial charge in [-0.05, 0) is 29.1 Å². The van der Waals surface area contributed by atoms with Crippen LogP contribution in [0.5, 0.6) is 0 Å². The lowest BCUT2D eigenvalue weighted by molar-refractivity contribution is -0.114. The molecule has 0 unspecified atom stereocenters. The van der Waals surface area contributed by atoms with Gasteiger partial charge in [0.15, 0.2) is 5.78 Å². The molecule has 0 aromatic rings. The van der Waals surface area contributed by atoms with E-state index in [4.69, 9.17) is 0 Å². The number of allylic oxidation sites excluding steroid dienone is 2. The zero-order valence-corrected chi connectivity index (χ0v) is 7.91. The lowest BCUT2D eigenvalue weighted by Gasteiger charge is -2.03. The maximum atomic E-state index is 10.8. The Balaban J connectivity index is 2.27. The Morgan fingerprint density at radius 1 is 1.55 bits per heavy atom. The highest BCUT2D eigenvalue weighted by Gasteiger charge is 2.11. The summed E-state index contributed by atoms with van der Waals surface area (Å²) in [4.78, 5) is 12.1. The Hall–Kier alpha value is -0.240. The molecule has 1 aliphatic carbocycles. The standard InChI is InChI=1S/C9H14OS/c1-7(2)6-11-9-4-3-8(10)5-9/h5,7H,3-4,6H2,1-2H3. The molecule has 1 rings (SSSR count). The first-order chi connectivity index (χ1) is 5.18. The van der Waals surface area contributed by atoms with Crippen LogP contribution in [0.4, 0.5) is 0 Å². The van der Waals surface area contributed by atoms with Crippen LogP contribution < -0.4 is 0 Å². The van der Waals surface area contributed by atoms with Crippen LogP contribution in [-0.2, 0) is 4.79 Å². The molecule has 1 aliphatic rings. The van der Waals surface area contributed by atoms with Crippen molar-refractivity contribution in [3.05, 3.63) is 11.0 Å². The Kier molecular flexibility index (Phi) is 3.18. The zero-order valence-electron chi connectivity index (χ0n) is 7.09. The molecule has 0 atom stereocenters. The first kappa shape index (κ1) is 8.85. The van der Waals surface area contributed by atoms with E-state index in [0.717, 1.165) is 24.5 Å². The highest BCUT2D eigenvalue weighted by atomic mass is 32.2. The molecule has 62 valence electrons. The van der Waals surface area contributed by atoms with Crippen LogP contribution in [0.2, 0.25) is 0 Å². The number of hydrogen-bond acceptors (Lipinski definition) is 2. The van der Waals surface area contributed by atoms with Gasteiger partial charge in [0.1, 0.15) is 0 Å². The Bertz CT molecular complexity index is 182. The van der Waals surface area contributed by atoms with Crippen molar-refractivity contribution in [2.75, 3.05) is 5.75 Å². The Morgan fingerprint density at radius 3 is 2.73 bits per heavy atom. The van der Waals surface area contributed by atoms with E-state index in [9.17, 15) is 4.79 Å². The van der Waals surface area contributed by atoms with Gasteiger partial charge >= 0.3 is 0 Å². The van der Waals surface area contributed by atoms with Gasteiger partial charge in [-0.1, -0.05) is 13.8 Å². The number of ketones is 1. The number of thioether (sulfide) groups is 1. The third-order valence-corrected chi connectivity index (χ3v) is 3.07. The second-order valence-electron chi connectivity index (χ2n) is 3.28. The van der Waals surface area contributed by atoms with Crippen LogP contribution in [0.3, 0.4) is 0 Å². The number of rotatable bonds is 3. The third kappa shape index (κ3) is 3.10. The molecule has 0 saturated carbocycles. The van der Waals surface area contributed by atoms with E-state index < -0.39 is 0 Å². The van der Waals surface area contributed by atoms with Crippen molar-refractivity contribution in [2.24, 2.45) is 5.92 Å². The summed E-state index contributed by atoms with van der Waals surface area (Å²) in [5.74, 6) is 2.16. The van der Waals surface area contributed by atoms with Crippen molar-refractivity contribution in [1.82, 2.24) is 0 Å². The molecule has 0 N–H and O–H groups in total. The van der Waals surface area contributed by atoms with E-state index in [1.807, 2.05) is 11.8 Å². The Labute approximate surface area is 72.2 Å². The van der Waals surface area contributed by atoms with E-state index in [2.05, 4.69) is 13.8 Å². The molecule has 0 spiro atoms. The normalized spacial score (nSPS) is 17.7. The van der Waals surface area contributed by atoms with Gasteiger partial charge in [-0.3, -0.25) is 4.79 Å². The maximum absolute atomic E-state index is 10.8. The van der Waals surface area contributed by atoms with E-state index in [1.54, 1.807) is 6.08 Å². The molecule has 0 fully saturated rings. The van der Waals surface area contributed by atoms with Gasteiger partial charge in [0.2, 0.25) is 0 Å². The summed E-state index contributed by atoms with van der Waals surface area (Å²) in [6, 6.07) is 0. The fourth-order valence-electron chi connectivity index (χ4n) is 0.958. The van der Waals surface area contributed by atoms with Gasteiger partial charge in [-0.2, -0.15) is 0 Å². The molecule has 0 bridgehead atoms. The molecule has 2 heteroatoms. The van der Waals surface area contributed by atoms with E-state index >= 15 is 0 Å². The minimum atomic E-state index is 0.302. The van der Waals surface area contributed by atoms with Crippen LogP contribution >= 0.6 is 11.8 Å². The summed E-state index contributed by atoms with van der Waals surface area (Å²) < 4.78 is 0. The predicted octanol–water partition coefficient (Wildman–Crippen LogP) is 2.62. The number of carbonyl (C=O) groups is 1. The van der Waals surface area contributed by atoms with Crippen LogP contribution in [0.1, 0.15) is 26.7 Å². The average molecular weight is 170 g/mol. The first-order valence-corrected chi connectivity index (χ1v) is 5.03. The van der Waals surface area contributed by atoms with Gasteiger partial charge < -0.3 is 0 Å². The van der Waals surface area contributed by atoms with E-state index in [1.165, 1.54) is 4.91 Å². The first-order valence-electron chi connectivity index (χ1n) is 4.04. The Morgan fingerprint density at radius 2 is 2.27 bits per heavy atom. The topological polar surface area (TPSA) is 17.1 Å². The molecule has 11 heavy (non-hydrogen) atoms. The van der Waals surface area contributed by atoms with Crippen LogP contribution in [0.25, 0.3) is 0 Å². The summed E-state index contributed by atoms with van der Waals surface area (Å²) in [5, 5.41) is 0. The molecule has 0 amide bonds. The van der Waals surface area contributed by atoms with Crippen molar-refractivity contribution in [2.45, 2.75) is 26.7 Å². The summed E-state index contributed by atoms with van der Waals surface area (Å²) in [6.45, 7) is 4.40. The van der Waals surface area contributed by atoms with Crippen LogP contribution in [0.15, 0.2) is 11.0 Å². The monoisotopic (exact) mass is 170 g/mol. The predicted molar refractivity (Wildman–Crippen MR) is 49.6 cm³/mol. The highest BCUT2D eigenvalue weighted by molar-refractivity contribution is 8.03. The van der Waals surface area contributed by atoms with Crippen molar-refractivity contribution in [3.63, 3.8) is 0 Å². The molecule has 0 aliphatic heterocycles. The summed E-state index contributed by atoms with van der Waals surface area (Å²) in [6.07, 6.45) is 3.52. The molecule has 1 nitrogen and oxygen atoms in total. The number of hydrogen-bond donors (Lipinski definition) is 0. The largest absolute Gasteiger partial charge is 0.295 e. The SMILES string of the molecule is CC(C)CSC1=CC(=O)CC1. The quantitative estimate of drug-likeness (QED) is 0.647. The summed E-state index contributed by atoms with van der Waals surface area (Å²) in [7, 11) is 0. The second-order valence-corrected chi connectivity index (χ2v) is 4.43. The van der Waals surface area contributed by atoms with Gasteiger partial charge in [-0.15, -0.1) is 11.8 Å². The van der Waals surface area contributed by atoms with E-state index in [-0.39, 0.29) is 0 Å².